The summed E-state index contributed by atoms with van der Waals surface area (Å²) in [5.74, 6) is 1.83. The Morgan fingerprint density at radius 3 is 0.847 bits per heavy atom. The summed E-state index contributed by atoms with van der Waals surface area (Å²) in [4.78, 5) is 22.1. The molecule has 1 heterocycles. The van der Waals surface area contributed by atoms with E-state index in [0.29, 0.717) is 17.5 Å². The van der Waals surface area contributed by atoms with Crippen LogP contribution >= 0.6 is 0 Å². The second-order valence-corrected chi connectivity index (χ2v) is 14.3. The van der Waals surface area contributed by atoms with Gasteiger partial charge >= 0.3 is 0 Å². The first kappa shape index (κ1) is 36.8. The number of hydrogen-bond acceptors (Lipinski definition) is 6. The summed E-state index contributed by atoms with van der Waals surface area (Å²) in [6.45, 7) is 4.06. The average molecular weight is 763 g/mol. The topological polar surface area (TPSA) is 48.4 Å². The molecular formula is C53H42N6. The van der Waals surface area contributed by atoms with Gasteiger partial charge in [-0.05, 0) is 129 Å². The maximum absolute atomic E-state index is 5.28. The van der Waals surface area contributed by atoms with E-state index in [1.165, 1.54) is 0 Å². The number of aromatic nitrogens is 3. The van der Waals surface area contributed by atoms with Crippen LogP contribution in [0.2, 0.25) is 0 Å². The molecule has 9 aromatic rings. The maximum Gasteiger partial charge on any atom is 0.163 e. The minimum Gasteiger partial charge on any atom is -0.310 e. The molecule has 0 aliphatic heterocycles. The van der Waals surface area contributed by atoms with E-state index in [-0.39, 0.29) is 0 Å². The standard InChI is InChI=1S/C53H42N6/c1-39-33-41(35-49(34-39)57(43-21-9-3-10-22-43)44-23-11-4-12-24-44)52-54-40(2)55-53(56-52)42-36-50(58(45-25-13-5-14-26-45)46-27-15-6-16-28-46)38-51(37-42)59(47-29-17-7-18-30-47)48-31-19-8-20-32-48/h3-38H,1-2H3. The molecule has 0 aliphatic carbocycles. The number of anilines is 9. The maximum atomic E-state index is 5.28. The van der Waals surface area contributed by atoms with Gasteiger partial charge in [-0.1, -0.05) is 109 Å². The van der Waals surface area contributed by atoms with Crippen LogP contribution in [0, 0.1) is 13.8 Å². The van der Waals surface area contributed by atoms with Crippen LogP contribution < -0.4 is 14.7 Å². The minimum atomic E-state index is 0.587. The molecule has 0 amide bonds. The van der Waals surface area contributed by atoms with Gasteiger partial charge in [-0.3, -0.25) is 0 Å². The average Bonchev–Trinajstić information content (AvgIpc) is 3.28. The van der Waals surface area contributed by atoms with Gasteiger partial charge in [-0.25, -0.2) is 15.0 Å². The Kier molecular flexibility index (Phi) is 10.4. The Morgan fingerprint density at radius 2 is 0.542 bits per heavy atom. The number of aryl methyl sites for hydroxylation is 2. The molecular weight excluding hydrogens is 721 g/mol. The normalized spacial score (nSPS) is 10.9. The lowest BCUT2D eigenvalue weighted by Gasteiger charge is -2.30. The van der Waals surface area contributed by atoms with Gasteiger partial charge in [0.1, 0.15) is 5.82 Å². The first-order valence-corrected chi connectivity index (χ1v) is 19.8. The van der Waals surface area contributed by atoms with Crippen LogP contribution in [0.25, 0.3) is 22.8 Å². The van der Waals surface area contributed by atoms with Gasteiger partial charge in [0.15, 0.2) is 11.6 Å². The van der Waals surface area contributed by atoms with Crippen molar-refractivity contribution in [3.8, 4) is 22.8 Å². The Morgan fingerprint density at radius 1 is 0.271 bits per heavy atom. The Bertz CT molecular complexity index is 2560. The summed E-state index contributed by atoms with van der Waals surface area (Å²) in [6.07, 6.45) is 0. The summed E-state index contributed by atoms with van der Waals surface area (Å²) in [5, 5.41) is 0. The predicted octanol–water partition coefficient (Wildman–Crippen LogP) is 14.2. The predicted molar refractivity (Wildman–Crippen MR) is 244 cm³/mol. The van der Waals surface area contributed by atoms with E-state index in [4.69, 9.17) is 15.0 Å². The lowest BCUT2D eigenvalue weighted by molar-refractivity contribution is 0.991. The molecule has 59 heavy (non-hydrogen) atoms. The summed E-state index contributed by atoms with van der Waals surface area (Å²) in [7, 11) is 0. The highest BCUT2D eigenvalue weighted by molar-refractivity contribution is 5.87. The Labute approximate surface area is 346 Å². The molecule has 1 aromatic heterocycles. The zero-order chi connectivity index (χ0) is 40.0. The smallest absolute Gasteiger partial charge is 0.163 e. The molecule has 0 spiro atoms. The number of benzene rings is 8. The largest absolute Gasteiger partial charge is 0.310 e. The summed E-state index contributed by atoms with van der Waals surface area (Å²) in [5.41, 5.74) is 12.1. The Hall–Kier alpha value is -7.83. The summed E-state index contributed by atoms with van der Waals surface area (Å²) in [6, 6.07) is 75.9. The van der Waals surface area contributed by atoms with Gasteiger partial charge in [0.25, 0.3) is 0 Å². The van der Waals surface area contributed by atoms with Gasteiger partial charge in [-0.15, -0.1) is 0 Å². The molecule has 9 rings (SSSR count). The van der Waals surface area contributed by atoms with E-state index >= 15 is 0 Å². The van der Waals surface area contributed by atoms with E-state index in [1.54, 1.807) is 0 Å². The highest BCUT2D eigenvalue weighted by Gasteiger charge is 2.21. The van der Waals surface area contributed by atoms with Crippen LogP contribution in [0.1, 0.15) is 11.4 Å². The molecule has 284 valence electrons. The third-order valence-electron chi connectivity index (χ3n) is 10.1. The first-order valence-electron chi connectivity index (χ1n) is 19.8. The molecule has 8 aromatic carbocycles. The van der Waals surface area contributed by atoms with E-state index in [1.807, 2.05) is 43.3 Å². The fourth-order valence-electron chi connectivity index (χ4n) is 7.55. The molecule has 0 bridgehead atoms. The second-order valence-electron chi connectivity index (χ2n) is 14.3. The third-order valence-corrected chi connectivity index (χ3v) is 10.1. The number of nitrogens with zero attached hydrogens (tertiary/aromatic N) is 6. The molecule has 6 heteroatoms. The Balaban J connectivity index is 1.24. The molecule has 0 unspecified atom stereocenters. The summed E-state index contributed by atoms with van der Waals surface area (Å²) < 4.78 is 0. The van der Waals surface area contributed by atoms with Crippen LogP contribution in [-0.2, 0) is 0 Å². The van der Waals surface area contributed by atoms with Crippen molar-refractivity contribution in [2.24, 2.45) is 0 Å². The number of hydrogen-bond donors (Lipinski definition) is 0. The van der Waals surface area contributed by atoms with Crippen LogP contribution in [0.15, 0.2) is 218 Å². The molecule has 6 nitrogen and oxygen atoms in total. The molecule has 0 saturated carbocycles. The fraction of sp³-hybridized carbons (Fsp3) is 0.0377. The molecule has 0 N–H and O–H groups in total. The van der Waals surface area contributed by atoms with Gasteiger partial charge in [0.2, 0.25) is 0 Å². The van der Waals surface area contributed by atoms with E-state index < -0.39 is 0 Å². The van der Waals surface area contributed by atoms with Crippen molar-refractivity contribution in [2.45, 2.75) is 13.8 Å². The van der Waals surface area contributed by atoms with Crippen molar-refractivity contribution in [1.29, 1.82) is 0 Å². The highest BCUT2D eigenvalue weighted by atomic mass is 15.2. The van der Waals surface area contributed by atoms with Crippen molar-refractivity contribution in [1.82, 2.24) is 15.0 Å². The van der Waals surface area contributed by atoms with Gasteiger partial charge in [0.05, 0.1) is 0 Å². The van der Waals surface area contributed by atoms with E-state index in [0.717, 1.165) is 67.9 Å². The molecule has 0 saturated heterocycles. The fourth-order valence-corrected chi connectivity index (χ4v) is 7.55. The van der Waals surface area contributed by atoms with Gasteiger partial charge < -0.3 is 14.7 Å². The van der Waals surface area contributed by atoms with Crippen molar-refractivity contribution in [3.63, 3.8) is 0 Å². The monoisotopic (exact) mass is 762 g/mol. The second kappa shape index (κ2) is 16.7. The lowest BCUT2D eigenvalue weighted by Crippen LogP contribution is -2.14. The number of para-hydroxylation sites is 6. The van der Waals surface area contributed by atoms with Crippen LogP contribution in [0.5, 0.6) is 0 Å². The minimum absolute atomic E-state index is 0.587. The molecule has 0 atom stereocenters. The molecule has 0 radical (unpaired) electrons. The van der Waals surface area contributed by atoms with Gasteiger partial charge in [0, 0.05) is 62.3 Å². The SMILES string of the molecule is Cc1cc(-c2nc(C)nc(-c3cc(N(c4ccccc4)c4ccccc4)cc(N(c4ccccc4)c4ccccc4)c3)n2)cc(N(c2ccccc2)c2ccccc2)c1. The number of rotatable bonds is 11. The van der Waals surface area contributed by atoms with Crippen LogP contribution in [0.3, 0.4) is 0 Å². The van der Waals surface area contributed by atoms with Crippen molar-refractivity contribution < 1.29 is 0 Å². The molecule has 0 aliphatic rings. The van der Waals surface area contributed by atoms with Crippen LogP contribution in [0.4, 0.5) is 51.2 Å². The third kappa shape index (κ3) is 8.06. The zero-order valence-corrected chi connectivity index (χ0v) is 33.0. The quantitative estimate of drug-likeness (QED) is 0.131. The van der Waals surface area contributed by atoms with Crippen LogP contribution in [-0.4, -0.2) is 15.0 Å². The van der Waals surface area contributed by atoms with E-state index in [2.05, 4.69) is 204 Å². The van der Waals surface area contributed by atoms with Gasteiger partial charge in [-0.2, -0.15) is 0 Å². The highest BCUT2D eigenvalue weighted by Crippen LogP contribution is 2.43. The summed E-state index contributed by atoms with van der Waals surface area (Å²) >= 11 is 0. The first-order chi connectivity index (χ1) is 29.1. The molecule has 0 fully saturated rings. The van der Waals surface area contributed by atoms with Crippen molar-refractivity contribution in [2.75, 3.05) is 14.7 Å². The van der Waals surface area contributed by atoms with Crippen molar-refractivity contribution in [3.05, 3.63) is 230 Å². The van der Waals surface area contributed by atoms with E-state index in [9.17, 15) is 0 Å². The lowest BCUT2D eigenvalue weighted by atomic mass is 10.1. The zero-order valence-electron chi connectivity index (χ0n) is 33.0. The van der Waals surface area contributed by atoms with Crippen molar-refractivity contribution >= 4 is 51.2 Å².